The second-order valence-corrected chi connectivity index (χ2v) is 10.0. The number of amides is 3. The highest BCUT2D eigenvalue weighted by atomic mass is 19.4. The summed E-state index contributed by atoms with van der Waals surface area (Å²) in [5, 5.41) is 2.62. The number of halogens is 3. The first-order valence-corrected chi connectivity index (χ1v) is 12.0. The van der Waals surface area contributed by atoms with Gasteiger partial charge in [-0.25, -0.2) is 4.79 Å². The van der Waals surface area contributed by atoms with Crippen LogP contribution in [0.3, 0.4) is 0 Å². The highest BCUT2D eigenvalue weighted by Crippen LogP contribution is 2.39. The highest BCUT2D eigenvalue weighted by molar-refractivity contribution is 5.89. The van der Waals surface area contributed by atoms with Crippen LogP contribution in [0.5, 0.6) is 0 Å². The molecule has 4 aliphatic rings. The molecule has 1 aromatic carbocycles. The predicted molar refractivity (Wildman–Crippen MR) is 118 cm³/mol. The Kier molecular flexibility index (Phi) is 6.01. The molecule has 1 aromatic rings. The molecule has 3 atom stereocenters. The van der Waals surface area contributed by atoms with Crippen LogP contribution < -0.4 is 5.32 Å². The molecule has 4 heterocycles. The van der Waals surface area contributed by atoms with E-state index in [0.29, 0.717) is 49.3 Å². The minimum absolute atomic E-state index is 0.160. The molecule has 2 bridgehead atoms. The van der Waals surface area contributed by atoms with E-state index in [1.807, 2.05) is 0 Å². The average Bonchev–Trinajstić information content (AvgIpc) is 2.79. The number of benzene rings is 1. The number of fused-ring (bicyclic) bond motifs is 4. The molecular weight excluding hydrogens is 433 g/mol. The molecule has 0 spiro atoms. The standard InChI is InChI=1S/C24H31F3N4O2/c25-24(26,27)18-3-1-4-19(12-18)28-23(33)29-9-7-20(8-10-29)30-13-16-11-17(15-30)21-5-2-6-22(32)31(21)14-16/h1,3-4,12,16-17,20-21H,2,5-11,13-15H2,(H,28,33)/t16-,17-,21-/m1/s1. The molecule has 6 nitrogen and oxygen atoms in total. The number of hydrogen-bond donors (Lipinski definition) is 1. The van der Waals surface area contributed by atoms with E-state index in [1.165, 1.54) is 18.6 Å². The number of hydrogen-bond acceptors (Lipinski definition) is 3. The van der Waals surface area contributed by atoms with Crippen LogP contribution in [0.15, 0.2) is 24.3 Å². The lowest BCUT2D eigenvalue weighted by molar-refractivity contribution is -0.145. The number of anilines is 1. The Labute approximate surface area is 192 Å². The van der Waals surface area contributed by atoms with Gasteiger partial charge in [0.25, 0.3) is 0 Å². The van der Waals surface area contributed by atoms with E-state index < -0.39 is 11.7 Å². The van der Waals surface area contributed by atoms with Crippen molar-refractivity contribution in [2.24, 2.45) is 11.8 Å². The summed E-state index contributed by atoms with van der Waals surface area (Å²) in [7, 11) is 0. The molecule has 4 aliphatic heterocycles. The summed E-state index contributed by atoms with van der Waals surface area (Å²) in [5.74, 6) is 1.41. The fourth-order valence-electron chi connectivity index (χ4n) is 6.36. The lowest BCUT2D eigenvalue weighted by atomic mass is 9.75. The number of urea groups is 1. The normalized spacial score (nSPS) is 29.1. The third-order valence-corrected chi connectivity index (χ3v) is 7.92. The quantitative estimate of drug-likeness (QED) is 0.719. The summed E-state index contributed by atoms with van der Waals surface area (Å²) < 4.78 is 38.8. The zero-order chi connectivity index (χ0) is 23.2. The van der Waals surface area contributed by atoms with E-state index in [9.17, 15) is 22.8 Å². The van der Waals surface area contributed by atoms with E-state index >= 15 is 0 Å². The Morgan fingerprint density at radius 1 is 1.06 bits per heavy atom. The van der Waals surface area contributed by atoms with Crippen molar-refractivity contribution in [2.45, 2.75) is 56.8 Å². The van der Waals surface area contributed by atoms with Gasteiger partial charge in [0.05, 0.1) is 5.56 Å². The van der Waals surface area contributed by atoms with Gasteiger partial charge in [0.15, 0.2) is 0 Å². The molecule has 180 valence electrons. The van der Waals surface area contributed by atoms with Gasteiger partial charge in [-0.15, -0.1) is 0 Å². The maximum Gasteiger partial charge on any atom is 0.416 e. The Morgan fingerprint density at radius 2 is 1.85 bits per heavy atom. The van der Waals surface area contributed by atoms with Crippen LogP contribution in [0.2, 0.25) is 0 Å². The Morgan fingerprint density at radius 3 is 2.61 bits per heavy atom. The molecule has 3 amide bonds. The van der Waals surface area contributed by atoms with Gasteiger partial charge in [-0.2, -0.15) is 13.2 Å². The molecule has 1 N–H and O–H groups in total. The first kappa shape index (κ1) is 22.5. The Hall–Kier alpha value is -2.29. The van der Waals surface area contributed by atoms with Crippen LogP contribution in [-0.4, -0.2) is 71.4 Å². The van der Waals surface area contributed by atoms with Crippen molar-refractivity contribution in [2.75, 3.05) is 38.0 Å². The number of piperidine rings is 4. The maximum atomic E-state index is 12.9. The van der Waals surface area contributed by atoms with Gasteiger partial charge >= 0.3 is 12.2 Å². The molecule has 0 saturated carbocycles. The van der Waals surface area contributed by atoms with Crippen molar-refractivity contribution in [3.63, 3.8) is 0 Å². The van der Waals surface area contributed by atoms with Crippen molar-refractivity contribution in [3.05, 3.63) is 29.8 Å². The van der Waals surface area contributed by atoms with Gasteiger partial charge in [-0.1, -0.05) is 6.07 Å². The van der Waals surface area contributed by atoms with E-state index in [1.54, 1.807) is 4.90 Å². The molecule has 0 radical (unpaired) electrons. The summed E-state index contributed by atoms with van der Waals surface area (Å²) in [6.07, 6.45) is 1.31. The number of likely N-dealkylation sites (tertiary alicyclic amines) is 2. The van der Waals surface area contributed by atoms with Crippen molar-refractivity contribution in [1.82, 2.24) is 14.7 Å². The lowest BCUT2D eigenvalue weighted by Gasteiger charge is -2.54. The molecule has 0 aromatic heterocycles. The fraction of sp³-hybridized carbons (Fsp3) is 0.667. The smallest absolute Gasteiger partial charge is 0.339 e. The highest BCUT2D eigenvalue weighted by Gasteiger charge is 2.45. The predicted octanol–water partition coefficient (Wildman–Crippen LogP) is 4.03. The summed E-state index contributed by atoms with van der Waals surface area (Å²) >= 11 is 0. The van der Waals surface area contributed by atoms with Crippen LogP contribution in [0.25, 0.3) is 0 Å². The second kappa shape index (κ2) is 8.81. The summed E-state index contributed by atoms with van der Waals surface area (Å²) in [5.41, 5.74) is -0.611. The minimum Gasteiger partial charge on any atom is -0.339 e. The number of rotatable bonds is 2. The van der Waals surface area contributed by atoms with Gasteiger partial charge < -0.3 is 15.1 Å². The number of carbonyl (C=O) groups is 2. The van der Waals surface area contributed by atoms with Crippen molar-refractivity contribution in [1.29, 1.82) is 0 Å². The summed E-state index contributed by atoms with van der Waals surface area (Å²) in [4.78, 5) is 31.4. The van der Waals surface area contributed by atoms with Gasteiger partial charge in [-0.3, -0.25) is 9.69 Å². The molecule has 0 aliphatic carbocycles. The molecule has 4 fully saturated rings. The Bertz CT molecular complexity index is 900. The number of nitrogens with zero attached hydrogens (tertiary/aromatic N) is 3. The first-order chi connectivity index (χ1) is 15.8. The molecule has 0 unspecified atom stereocenters. The van der Waals surface area contributed by atoms with E-state index in [4.69, 9.17) is 0 Å². The fourth-order valence-corrected chi connectivity index (χ4v) is 6.36. The van der Waals surface area contributed by atoms with Crippen molar-refractivity contribution >= 4 is 17.6 Å². The van der Waals surface area contributed by atoms with Gasteiger partial charge in [0.2, 0.25) is 5.91 Å². The molecule has 4 saturated heterocycles. The van der Waals surface area contributed by atoms with Crippen molar-refractivity contribution < 1.29 is 22.8 Å². The molecule has 5 rings (SSSR count). The largest absolute Gasteiger partial charge is 0.416 e. The average molecular weight is 465 g/mol. The van der Waals surface area contributed by atoms with Crippen LogP contribution in [0, 0.1) is 11.8 Å². The third-order valence-electron chi connectivity index (χ3n) is 7.92. The van der Waals surface area contributed by atoms with Crippen LogP contribution in [-0.2, 0) is 11.0 Å². The monoisotopic (exact) mass is 464 g/mol. The maximum absolute atomic E-state index is 12.9. The van der Waals surface area contributed by atoms with E-state index in [0.717, 1.165) is 57.5 Å². The first-order valence-electron chi connectivity index (χ1n) is 12.0. The summed E-state index contributed by atoms with van der Waals surface area (Å²) in [6.45, 7) is 4.10. The van der Waals surface area contributed by atoms with Crippen LogP contribution in [0.4, 0.5) is 23.7 Å². The van der Waals surface area contributed by atoms with Gasteiger partial charge in [0, 0.05) is 56.9 Å². The zero-order valence-electron chi connectivity index (χ0n) is 18.7. The van der Waals surface area contributed by atoms with Gasteiger partial charge in [-0.05, 0) is 62.1 Å². The molecule has 9 heteroatoms. The number of nitrogens with one attached hydrogen (secondary N) is 1. The van der Waals surface area contributed by atoms with Crippen molar-refractivity contribution in [3.8, 4) is 0 Å². The lowest BCUT2D eigenvalue weighted by Crippen LogP contribution is -2.62. The van der Waals surface area contributed by atoms with Crippen LogP contribution >= 0.6 is 0 Å². The summed E-state index contributed by atoms with van der Waals surface area (Å²) in [6, 6.07) is 5.21. The Balaban J connectivity index is 1.15. The van der Waals surface area contributed by atoms with Crippen LogP contribution in [0.1, 0.15) is 44.1 Å². The number of carbonyl (C=O) groups excluding carboxylic acids is 2. The molecular formula is C24H31F3N4O2. The van der Waals surface area contributed by atoms with Gasteiger partial charge in [0.1, 0.15) is 0 Å². The topological polar surface area (TPSA) is 55.9 Å². The second-order valence-electron chi connectivity index (χ2n) is 10.0. The third kappa shape index (κ3) is 4.69. The minimum atomic E-state index is -4.44. The van der Waals surface area contributed by atoms with E-state index in [2.05, 4.69) is 15.1 Å². The zero-order valence-corrected chi connectivity index (χ0v) is 18.7. The number of alkyl halides is 3. The molecule has 33 heavy (non-hydrogen) atoms. The SMILES string of the molecule is O=C(Nc1cccc(C(F)(F)F)c1)N1CCC(N2C[C@H]3C[C@H](C2)[C@H]2CCCC(=O)N2C3)CC1. The van der Waals surface area contributed by atoms with E-state index in [-0.39, 0.29) is 11.7 Å².